The van der Waals surface area contributed by atoms with E-state index in [1.807, 2.05) is 54.6 Å². The van der Waals surface area contributed by atoms with Crippen LogP contribution in [0.1, 0.15) is 46.4 Å². The number of aromatic nitrogens is 1. The van der Waals surface area contributed by atoms with Crippen molar-refractivity contribution in [1.82, 2.24) is 9.88 Å². The molecule has 1 aromatic heterocycles. The second-order valence-electron chi connectivity index (χ2n) is 7.67. The molecule has 2 N–H and O–H groups in total. The number of ether oxygens (including phenoxy) is 1. The third kappa shape index (κ3) is 4.58. The fourth-order valence-corrected chi connectivity index (χ4v) is 4.01. The number of nitrogens with zero attached hydrogens (tertiary/aromatic N) is 2. The number of likely N-dealkylation sites (tertiary alicyclic amines) is 1. The number of para-hydroxylation sites is 1. The molecule has 0 radical (unpaired) electrons. The van der Waals surface area contributed by atoms with Crippen molar-refractivity contribution in [2.45, 2.75) is 32.2 Å². The molecular weight excluding hydrogens is 390 g/mol. The maximum Gasteiger partial charge on any atom is 0.249 e. The summed E-state index contributed by atoms with van der Waals surface area (Å²) in [6.07, 6.45) is 2.90. The van der Waals surface area contributed by atoms with Crippen molar-refractivity contribution in [3.8, 4) is 11.5 Å². The molecule has 1 saturated heterocycles. The van der Waals surface area contributed by atoms with Crippen LogP contribution in [0.2, 0.25) is 0 Å². The normalized spacial score (nSPS) is 15.8. The van der Waals surface area contributed by atoms with Gasteiger partial charge in [-0.1, -0.05) is 37.3 Å². The van der Waals surface area contributed by atoms with E-state index in [1.165, 1.54) is 0 Å². The molecule has 1 atom stereocenters. The zero-order valence-electron chi connectivity index (χ0n) is 17.5. The van der Waals surface area contributed by atoms with E-state index in [4.69, 9.17) is 10.5 Å². The van der Waals surface area contributed by atoms with Crippen molar-refractivity contribution in [2.24, 2.45) is 5.73 Å². The summed E-state index contributed by atoms with van der Waals surface area (Å²) in [4.78, 5) is 30.9. The Kier molecular flexibility index (Phi) is 5.98. The molecule has 2 heterocycles. The highest BCUT2D eigenvalue weighted by atomic mass is 16.5. The first-order chi connectivity index (χ1) is 15.0. The average Bonchev–Trinajstić information content (AvgIpc) is 3.14. The molecule has 6 nitrogen and oxygen atoms in total. The number of benzene rings is 2. The zero-order chi connectivity index (χ0) is 21.8. The summed E-state index contributed by atoms with van der Waals surface area (Å²) in [5.74, 6) is 0.720. The quantitative estimate of drug-likeness (QED) is 0.631. The van der Waals surface area contributed by atoms with Crippen LogP contribution in [0.5, 0.6) is 11.5 Å². The summed E-state index contributed by atoms with van der Waals surface area (Å²) < 4.78 is 6.04. The summed E-state index contributed by atoms with van der Waals surface area (Å²) >= 11 is 0. The van der Waals surface area contributed by atoms with Gasteiger partial charge in [-0.05, 0) is 47.9 Å². The second-order valence-corrected chi connectivity index (χ2v) is 7.67. The van der Waals surface area contributed by atoms with Crippen LogP contribution in [0.3, 0.4) is 0 Å². The van der Waals surface area contributed by atoms with E-state index in [0.717, 1.165) is 29.0 Å². The van der Waals surface area contributed by atoms with Crippen LogP contribution >= 0.6 is 0 Å². The predicted molar refractivity (Wildman–Crippen MR) is 118 cm³/mol. The summed E-state index contributed by atoms with van der Waals surface area (Å²) in [5, 5.41) is 0. The van der Waals surface area contributed by atoms with Gasteiger partial charge >= 0.3 is 0 Å². The number of hydrogen-bond donors (Lipinski definition) is 1. The first kappa shape index (κ1) is 20.6. The van der Waals surface area contributed by atoms with Crippen LogP contribution in [-0.4, -0.2) is 28.2 Å². The number of nitrogens with two attached hydrogens (primary N) is 1. The lowest BCUT2D eigenvalue weighted by Crippen LogP contribution is -2.25. The zero-order valence-corrected chi connectivity index (χ0v) is 17.5. The van der Waals surface area contributed by atoms with Gasteiger partial charge in [0, 0.05) is 30.6 Å². The maximum absolute atomic E-state index is 12.6. The van der Waals surface area contributed by atoms with Crippen LogP contribution in [0, 0.1) is 0 Å². The third-order valence-corrected chi connectivity index (χ3v) is 5.60. The highest BCUT2D eigenvalue weighted by Crippen LogP contribution is 2.34. The molecule has 1 fully saturated rings. The lowest BCUT2D eigenvalue weighted by molar-refractivity contribution is -0.128. The van der Waals surface area contributed by atoms with Gasteiger partial charge in [-0.25, -0.2) is 0 Å². The highest BCUT2D eigenvalue weighted by molar-refractivity contribution is 5.95. The van der Waals surface area contributed by atoms with Crippen molar-refractivity contribution < 1.29 is 14.3 Å². The number of hydrogen-bond acceptors (Lipinski definition) is 4. The van der Waals surface area contributed by atoms with Crippen LogP contribution < -0.4 is 10.5 Å². The van der Waals surface area contributed by atoms with Gasteiger partial charge in [0.25, 0.3) is 0 Å². The summed E-state index contributed by atoms with van der Waals surface area (Å²) in [6, 6.07) is 18.8. The van der Waals surface area contributed by atoms with Gasteiger partial charge in [0.2, 0.25) is 11.8 Å². The van der Waals surface area contributed by atoms with Gasteiger partial charge in [0.1, 0.15) is 11.5 Å². The molecule has 0 bridgehead atoms. The van der Waals surface area contributed by atoms with Gasteiger partial charge in [-0.2, -0.15) is 0 Å². The van der Waals surface area contributed by atoms with Crippen molar-refractivity contribution >= 4 is 11.8 Å². The lowest BCUT2D eigenvalue weighted by Gasteiger charge is -2.18. The number of amides is 2. The standard InChI is InChI=1S/C25H25N3O3/c1-2-17-7-3-4-9-23(17)31-20-10-11-21(22(14-20)25(26)30)18-13-24(29)28(15-18)16-19-8-5-6-12-27-19/h3-12,14,18H,2,13,15-16H2,1H3,(H2,26,30). The number of carbonyl (C=O) groups is 2. The van der Waals surface area contributed by atoms with Crippen LogP contribution in [0.25, 0.3) is 0 Å². The Balaban J connectivity index is 1.56. The Bertz CT molecular complexity index is 1100. The maximum atomic E-state index is 12.6. The number of pyridine rings is 1. The van der Waals surface area contributed by atoms with Gasteiger partial charge in [-0.3, -0.25) is 14.6 Å². The molecule has 1 unspecified atom stereocenters. The number of carbonyl (C=O) groups excluding carboxylic acids is 2. The largest absolute Gasteiger partial charge is 0.457 e. The average molecular weight is 415 g/mol. The van der Waals surface area contributed by atoms with Crippen molar-refractivity contribution in [3.63, 3.8) is 0 Å². The number of aryl methyl sites for hydroxylation is 1. The Morgan fingerprint density at radius 2 is 1.97 bits per heavy atom. The van der Waals surface area contributed by atoms with E-state index in [1.54, 1.807) is 17.2 Å². The Morgan fingerprint density at radius 3 is 2.71 bits per heavy atom. The van der Waals surface area contributed by atoms with E-state index in [0.29, 0.717) is 30.8 Å². The third-order valence-electron chi connectivity index (χ3n) is 5.60. The SMILES string of the molecule is CCc1ccccc1Oc1ccc(C2CC(=O)N(Cc3ccccn3)C2)c(C(N)=O)c1. The Hall–Kier alpha value is -3.67. The summed E-state index contributed by atoms with van der Waals surface area (Å²) in [7, 11) is 0. The Morgan fingerprint density at radius 1 is 1.16 bits per heavy atom. The molecule has 0 aliphatic carbocycles. The lowest BCUT2D eigenvalue weighted by atomic mass is 9.92. The molecular formula is C25H25N3O3. The number of rotatable bonds is 7. The van der Waals surface area contributed by atoms with Gasteiger partial charge in [0.05, 0.1) is 12.2 Å². The minimum absolute atomic E-state index is 0.0447. The fraction of sp³-hybridized carbons (Fsp3) is 0.240. The van der Waals surface area contributed by atoms with Crippen molar-refractivity contribution in [2.75, 3.05) is 6.54 Å². The number of primary amides is 1. The second kappa shape index (κ2) is 9.00. The molecule has 6 heteroatoms. The molecule has 1 aliphatic rings. The molecule has 31 heavy (non-hydrogen) atoms. The van der Waals surface area contributed by atoms with E-state index >= 15 is 0 Å². The molecule has 4 rings (SSSR count). The molecule has 3 aromatic rings. The van der Waals surface area contributed by atoms with Gasteiger partial charge < -0.3 is 15.4 Å². The van der Waals surface area contributed by atoms with Crippen molar-refractivity contribution in [1.29, 1.82) is 0 Å². The highest BCUT2D eigenvalue weighted by Gasteiger charge is 2.33. The molecule has 0 spiro atoms. The molecule has 0 saturated carbocycles. The van der Waals surface area contributed by atoms with Gasteiger partial charge in [0.15, 0.2) is 0 Å². The van der Waals surface area contributed by atoms with Crippen LogP contribution in [-0.2, 0) is 17.8 Å². The van der Waals surface area contributed by atoms with E-state index in [-0.39, 0.29) is 11.8 Å². The van der Waals surface area contributed by atoms with E-state index < -0.39 is 5.91 Å². The summed E-state index contributed by atoms with van der Waals surface area (Å²) in [6.45, 7) is 3.04. The van der Waals surface area contributed by atoms with Gasteiger partial charge in [-0.15, -0.1) is 0 Å². The Labute approximate surface area is 181 Å². The van der Waals surface area contributed by atoms with E-state index in [9.17, 15) is 9.59 Å². The molecule has 2 amide bonds. The minimum Gasteiger partial charge on any atom is -0.457 e. The molecule has 1 aliphatic heterocycles. The van der Waals surface area contributed by atoms with Crippen LogP contribution in [0.4, 0.5) is 0 Å². The first-order valence-corrected chi connectivity index (χ1v) is 10.4. The van der Waals surface area contributed by atoms with Crippen molar-refractivity contribution in [3.05, 3.63) is 89.2 Å². The smallest absolute Gasteiger partial charge is 0.249 e. The van der Waals surface area contributed by atoms with Crippen LogP contribution in [0.15, 0.2) is 66.9 Å². The molecule has 2 aromatic carbocycles. The predicted octanol–water partition coefficient (Wildman–Crippen LogP) is 4.05. The topological polar surface area (TPSA) is 85.5 Å². The molecule has 158 valence electrons. The monoisotopic (exact) mass is 415 g/mol. The fourth-order valence-electron chi connectivity index (χ4n) is 4.01. The first-order valence-electron chi connectivity index (χ1n) is 10.4. The minimum atomic E-state index is -0.528. The van der Waals surface area contributed by atoms with E-state index in [2.05, 4.69) is 11.9 Å². The summed E-state index contributed by atoms with van der Waals surface area (Å²) in [5.41, 5.74) is 8.78.